The van der Waals surface area contributed by atoms with Crippen LogP contribution in [0.4, 0.5) is 4.39 Å². The first-order valence-corrected chi connectivity index (χ1v) is 5.18. The van der Waals surface area contributed by atoms with Crippen molar-refractivity contribution >= 4 is 21.8 Å². The molecule has 0 saturated carbocycles. The number of nitrogens with zero attached hydrogens (tertiary/aromatic N) is 3. The molecular weight excluding hydrogens is 279 g/mol. The van der Waals surface area contributed by atoms with Gasteiger partial charge in [-0.3, -0.25) is 4.79 Å². The predicted octanol–water partition coefficient (Wildman–Crippen LogP) is 2.63. The van der Waals surface area contributed by atoms with Crippen molar-refractivity contribution in [1.29, 1.82) is 0 Å². The highest BCUT2D eigenvalue weighted by Gasteiger charge is 2.09. The van der Waals surface area contributed by atoms with Crippen LogP contribution in [-0.2, 0) is 0 Å². The molecule has 16 heavy (non-hydrogen) atoms. The van der Waals surface area contributed by atoms with Gasteiger partial charge in [-0.25, -0.2) is 4.39 Å². The van der Waals surface area contributed by atoms with Crippen molar-refractivity contribution in [2.24, 2.45) is 5.11 Å². The molecule has 1 rings (SSSR count). The van der Waals surface area contributed by atoms with Gasteiger partial charge in [-0.2, -0.15) is 0 Å². The molecule has 5 nitrogen and oxygen atoms in total. The molecule has 7 heteroatoms. The lowest BCUT2D eigenvalue weighted by Crippen LogP contribution is -2.26. The molecule has 0 aliphatic heterocycles. The average Bonchev–Trinajstić information content (AvgIpc) is 2.24. The van der Waals surface area contributed by atoms with Gasteiger partial charge in [0.15, 0.2) is 0 Å². The SMILES string of the molecule is [N-]=[N+]=NCCNC(=O)c1ccc(F)cc1Br. The molecule has 0 aliphatic rings. The molecule has 1 aromatic rings. The smallest absolute Gasteiger partial charge is 0.252 e. The minimum Gasteiger partial charge on any atom is -0.352 e. The first kappa shape index (κ1) is 12.5. The van der Waals surface area contributed by atoms with Crippen LogP contribution in [0.3, 0.4) is 0 Å². The molecular formula is C9H8BrFN4O. The van der Waals surface area contributed by atoms with Crippen LogP contribution < -0.4 is 5.32 Å². The Morgan fingerprint density at radius 1 is 1.62 bits per heavy atom. The highest BCUT2D eigenvalue weighted by Crippen LogP contribution is 2.17. The summed E-state index contributed by atoms with van der Waals surface area (Å²) in [5.41, 5.74) is 8.36. The molecule has 1 aromatic carbocycles. The second-order valence-electron chi connectivity index (χ2n) is 2.83. The highest BCUT2D eigenvalue weighted by molar-refractivity contribution is 9.10. The molecule has 0 aliphatic carbocycles. The molecule has 0 bridgehead atoms. The molecule has 1 N–H and O–H groups in total. The number of nitrogens with one attached hydrogen (secondary N) is 1. The third kappa shape index (κ3) is 3.52. The number of azide groups is 1. The first-order chi connectivity index (χ1) is 7.65. The van der Waals surface area contributed by atoms with E-state index < -0.39 is 5.82 Å². The quantitative estimate of drug-likeness (QED) is 0.393. The van der Waals surface area contributed by atoms with Crippen LogP contribution in [0.1, 0.15) is 10.4 Å². The zero-order valence-electron chi connectivity index (χ0n) is 8.15. The molecule has 0 unspecified atom stereocenters. The van der Waals surface area contributed by atoms with Crippen LogP contribution in [0.25, 0.3) is 10.4 Å². The fourth-order valence-electron chi connectivity index (χ4n) is 1.03. The van der Waals surface area contributed by atoms with E-state index in [1.807, 2.05) is 0 Å². The predicted molar refractivity (Wildman–Crippen MR) is 60.4 cm³/mol. The van der Waals surface area contributed by atoms with Gasteiger partial charge in [0.1, 0.15) is 5.82 Å². The Bertz CT molecular complexity index is 445. The van der Waals surface area contributed by atoms with E-state index in [-0.39, 0.29) is 19.0 Å². The number of hydrogen-bond donors (Lipinski definition) is 1. The van der Waals surface area contributed by atoms with E-state index in [1.54, 1.807) is 0 Å². The van der Waals surface area contributed by atoms with Crippen molar-refractivity contribution < 1.29 is 9.18 Å². The fourth-order valence-corrected chi connectivity index (χ4v) is 1.56. The lowest BCUT2D eigenvalue weighted by atomic mass is 10.2. The number of rotatable bonds is 4. The Morgan fingerprint density at radius 2 is 2.38 bits per heavy atom. The van der Waals surface area contributed by atoms with E-state index in [1.165, 1.54) is 18.2 Å². The maximum absolute atomic E-state index is 12.7. The van der Waals surface area contributed by atoms with Gasteiger partial charge in [-0.1, -0.05) is 5.11 Å². The summed E-state index contributed by atoms with van der Waals surface area (Å²) in [5, 5.41) is 5.81. The van der Waals surface area contributed by atoms with Gasteiger partial charge >= 0.3 is 0 Å². The summed E-state index contributed by atoms with van der Waals surface area (Å²) in [6, 6.07) is 3.79. The van der Waals surface area contributed by atoms with Gasteiger partial charge in [0, 0.05) is 22.5 Å². The van der Waals surface area contributed by atoms with Gasteiger partial charge in [-0.05, 0) is 39.7 Å². The summed E-state index contributed by atoms with van der Waals surface area (Å²) < 4.78 is 13.1. The van der Waals surface area contributed by atoms with Crippen molar-refractivity contribution in [3.05, 3.63) is 44.5 Å². The molecule has 0 atom stereocenters. The van der Waals surface area contributed by atoms with Crippen LogP contribution in [0, 0.1) is 5.82 Å². The molecule has 0 spiro atoms. The summed E-state index contributed by atoms with van der Waals surface area (Å²) in [7, 11) is 0. The van der Waals surface area contributed by atoms with Crippen LogP contribution in [0.5, 0.6) is 0 Å². The maximum atomic E-state index is 12.7. The van der Waals surface area contributed by atoms with Crippen molar-refractivity contribution in [3.8, 4) is 0 Å². The Balaban J connectivity index is 2.62. The van der Waals surface area contributed by atoms with Gasteiger partial charge in [0.2, 0.25) is 0 Å². The molecule has 1 amide bonds. The largest absolute Gasteiger partial charge is 0.352 e. The number of carbonyl (C=O) groups excluding carboxylic acids is 1. The normalized spacial score (nSPS) is 9.38. The van der Waals surface area contributed by atoms with Crippen LogP contribution in [0.15, 0.2) is 27.8 Å². The minimum absolute atomic E-state index is 0.182. The zero-order chi connectivity index (χ0) is 12.0. The summed E-state index contributed by atoms with van der Waals surface area (Å²) in [6.45, 7) is 0.424. The van der Waals surface area contributed by atoms with E-state index >= 15 is 0 Å². The Labute approximate surface area is 99.4 Å². The summed E-state index contributed by atoms with van der Waals surface area (Å²) >= 11 is 3.09. The van der Waals surface area contributed by atoms with E-state index in [0.717, 1.165) is 0 Å². The van der Waals surface area contributed by atoms with Gasteiger partial charge in [0.05, 0.1) is 5.56 Å². The molecule has 0 saturated heterocycles. The van der Waals surface area contributed by atoms with Crippen molar-refractivity contribution in [2.45, 2.75) is 0 Å². The number of carbonyl (C=O) groups is 1. The van der Waals surface area contributed by atoms with Gasteiger partial charge in [0.25, 0.3) is 5.91 Å². The third-order valence-corrected chi connectivity index (χ3v) is 2.39. The number of halogens is 2. The maximum Gasteiger partial charge on any atom is 0.252 e. The van der Waals surface area contributed by atoms with Gasteiger partial charge < -0.3 is 5.32 Å². The monoisotopic (exact) mass is 286 g/mol. The Morgan fingerprint density at radius 3 is 3.00 bits per heavy atom. The van der Waals surface area contributed by atoms with Crippen molar-refractivity contribution in [1.82, 2.24) is 5.32 Å². The van der Waals surface area contributed by atoms with Crippen LogP contribution >= 0.6 is 15.9 Å². The molecule has 84 valence electrons. The van der Waals surface area contributed by atoms with E-state index in [9.17, 15) is 9.18 Å². The third-order valence-electron chi connectivity index (χ3n) is 1.74. The number of benzene rings is 1. The second kappa shape index (κ2) is 6.09. The molecule has 0 radical (unpaired) electrons. The van der Waals surface area contributed by atoms with E-state index in [0.29, 0.717) is 10.0 Å². The fraction of sp³-hybridized carbons (Fsp3) is 0.222. The minimum atomic E-state index is -0.419. The van der Waals surface area contributed by atoms with Crippen molar-refractivity contribution in [2.75, 3.05) is 13.1 Å². The molecule has 0 fully saturated rings. The zero-order valence-corrected chi connectivity index (χ0v) is 9.74. The molecule has 0 aromatic heterocycles. The van der Waals surface area contributed by atoms with Crippen LogP contribution in [-0.4, -0.2) is 19.0 Å². The summed E-state index contributed by atoms with van der Waals surface area (Å²) in [6.07, 6.45) is 0. The topological polar surface area (TPSA) is 77.9 Å². The first-order valence-electron chi connectivity index (χ1n) is 4.39. The highest BCUT2D eigenvalue weighted by atomic mass is 79.9. The lowest BCUT2D eigenvalue weighted by molar-refractivity contribution is 0.0954. The lowest BCUT2D eigenvalue weighted by Gasteiger charge is -2.05. The summed E-state index contributed by atoms with van der Waals surface area (Å²) in [4.78, 5) is 14.1. The molecule has 0 heterocycles. The second-order valence-corrected chi connectivity index (χ2v) is 3.69. The van der Waals surface area contributed by atoms with E-state index in [4.69, 9.17) is 5.53 Å². The Hall–Kier alpha value is -1.59. The number of hydrogen-bond acceptors (Lipinski definition) is 2. The number of amides is 1. The van der Waals surface area contributed by atoms with Crippen LogP contribution in [0.2, 0.25) is 0 Å². The standard InChI is InChI=1S/C9H8BrFN4O/c10-8-5-6(11)1-2-7(8)9(16)13-3-4-14-15-12/h1-2,5H,3-4H2,(H,13,16). The van der Waals surface area contributed by atoms with Gasteiger partial charge in [-0.15, -0.1) is 0 Å². The summed E-state index contributed by atoms with van der Waals surface area (Å²) in [5.74, 6) is -0.766. The average molecular weight is 287 g/mol. The van der Waals surface area contributed by atoms with Crippen molar-refractivity contribution in [3.63, 3.8) is 0 Å². The Kier molecular flexibility index (Phi) is 4.75. The van der Waals surface area contributed by atoms with E-state index in [2.05, 4.69) is 31.3 Å².